The van der Waals surface area contributed by atoms with E-state index >= 15 is 0 Å². The Labute approximate surface area is 109 Å². The highest BCUT2D eigenvalue weighted by molar-refractivity contribution is 5.37. The fourth-order valence-electron chi connectivity index (χ4n) is 2.39. The van der Waals surface area contributed by atoms with Crippen LogP contribution in [0.2, 0.25) is 0 Å². The van der Waals surface area contributed by atoms with E-state index in [4.69, 9.17) is 4.74 Å². The molecule has 0 aromatic carbocycles. The number of hydrogen-bond acceptors (Lipinski definition) is 4. The number of aromatic nitrogens is 2. The van der Waals surface area contributed by atoms with Gasteiger partial charge < -0.3 is 10.1 Å². The molecule has 18 heavy (non-hydrogen) atoms. The lowest BCUT2D eigenvalue weighted by Crippen LogP contribution is -2.10. The number of rotatable bonds is 6. The van der Waals surface area contributed by atoms with Crippen LogP contribution in [0.4, 0.5) is 5.82 Å². The lowest BCUT2D eigenvalue weighted by Gasteiger charge is -2.12. The number of hydrogen-bond donors (Lipinski definition) is 1. The van der Waals surface area contributed by atoms with Crippen LogP contribution >= 0.6 is 0 Å². The van der Waals surface area contributed by atoms with Gasteiger partial charge in [-0.05, 0) is 25.2 Å². The van der Waals surface area contributed by atoms with Crippen LogP contribution in [0.3, 0.4) is 0 Å². The van der Waals surface area contributed by atoms with Crippen molar-refractivity contribution in [2.75, 3.05) is 19.0 Å². The quantitative estimate of drug-likeness (QED) is 0.841. The van der Waals surface area contributed by atoms with Crippen LogP contribution in [0, 0.1) is 5.92 Å². The van der Waals surface area contributed by atoms with Crippen LogP contribution in [0.25, 0.3) is 0 Å². The number of nitrogens with zero attached hydrogens (tertiary/aromatic N) is 2. The topological polar surface area (TPSA) is 47.0 Å². The van der Waals surface area contributed by atoms with Crippen molar-refractivity contribution in [3.63, 3.8) is 0 Å². The minimum absolute atomic E-state index is 0.713. The maximum atomic E-state index is 5.83. The second-order valence-electron chi connectivity index (χ2n) is 4.97. The van der Waals surface area contributed by atoms with E-state index < -0.39 is 0 Å². The summed E-state index contributed by atoms with van der Waals surface area (Å²) in [5, 5.41) is 3.06. The first-order valence-electron chi connectivity index (χ1n) is 7.00. The first-order chi connectivity index (χ1) is 8.81. The van der Waals surface area contributed by atoms with Crippen molar-refractivity contribution in [2.24, 2.45) is 5.92 Å². The van der Waals surface area contributed by atoms with Gasteiger partial charge in [0.1, 0.15) is 11.6 Å². The molecular weight excluding hydrogens is 226 g/mol. The van der Waals surface area contributed by atoms with Crippen LogP contribution < -0.4 is 10.1 Å². The molecule has 0 saturated heterocycles. The molecule has 2 rings (SSSR count). The second kappa shape index (κ2) is 6.57. The first kappa shape index (κ1) is 13.1. The second-order valence-corrected chi connectivity index (χ2v) is 4.97. The maximum absolute atomic E-state index is 5.83. The zero-order valence-electron chi connectivity index (χ0n) is 11.4. The van der Waals surface area contributed by atoms with Crippen molar-refractivity contribution in [1.82, 2.24) is 9.97 Å². The molecule has 0 aliphatic heterocycles. The van der Waals surface area contributed by atoms with Gasteiger partial charge in [0, 0.05) is 19.5 Å². The van der Waals surface area contributed by atoms with Gasteiger partial charge >= 0.3 is 0 Å². The minimum atomic E-state index is 0.713. The Bertz CT molecular complexity index is 375. The summed E-state index contributed by atoms with van der Waals surface area (Å²) in [5.74, 6) is 3.14. The molecule has 0 radical (unpaired) electrons. The van der Waals surface area contributed by atoms with Gasteiger partial charge in [-0.15, -0.1) is 0 Å². The van der Waals surface area contributed by atoms with Gasteiger partial charge in [-0.1, -0.05) is 19.8 Å². The molecule has 1 heterocycles. The van der Waals surface area contributed by atoms with Gasteiger partial charge in [0.05, 0.1) is 6.61 Å². The summed E-state index contributed by atoms with van der Waals surface area (Å²) >= 11 is 0. The third-order valence-corrected chi connectivity index (χ3v) is 3.42. The van der Waals surface area contributed by atoms with E-state index in [0.717, 1.165) is 31.1 Å². The monoisotopic (exact) mass is 249 g/mol. The summed E-state index contributed by atoms with van der Waals surface area (Å²) in [6.45, 7) is 2.93. The third-order valence-electron chi connectivity index (χ3n) is 3.42. The van der Waals surface area contributed by atoms with Crippen molar-refractivity contribution in [1.29, 1.82) is 0 Å². The first-order valence-corrected chi connectivity index (χ1v) is 7.00. The summed E-state index contributed by atoms with van der Waals surface area (Å²) in [7, 11) is 1.87. The average molecular weight is 249 g/mol. The highest BCUT2D eigenvalue weighted by Crippen LogP contribution is 2.25. The van der Waals surface area contributed by atoms with E-state index in [1.807, 2.05) is 13.1 Å². The molecular formula is C14H23N3O. The largest absolute Gasteiger partial charge is 0.477 e. The van der Waals surface area contributed by atoms with E-state index in [-0.39, 0.29) is 0 Å². The molecule has 1 fully saturated rings. The summed E-state index contributed by atoms with van der Waals surface area (Å²) in [6.07, 6.45) is 7.24. The minimum Gasteiger partial charge on any atom is -0.477 e. The van der Waals surface area contributed by atoms with E-state index in [1.54, 1.807) is 0 Å². The number of nitrogens with one attached hydrogen (secondary N) is 1. The van der Waals surface area contributed by atoms with Crippen molar-refractivity contribution >= 4 is 5.82 Å². The van der Waals surface area contributed by atoms with Gasteiger partial charge in [0.25, 0.3) is 0 Å². The van der Waals surface area contributed by atoms with Gasteiger partial charge in [-0.3, -0.25) is 0 Å². The molecule has 4 nitrogen and oxygen atoms in total. The van der Waals surface area contributed by atoms with Crippen LogP contribution in [0.5, 0.6) is 5.88 Å². The Morgan fingerprint density at radius 2 is 2.11 bits per heavy atom. The summed E-state index contributed by atoms with van der Waals surface area (Å²) < 4.78 is 5.83. The fraction of sp³-hybridized carbons (Fsp3) is 0.714. The molecule has 1 aliphatic rings. The number of ether oxygens (including phenoxy) is 1. The zero-order chi connectivity index (χ0) is 12.8. The van der Waals surface area contributed by atoms with Crippen molar-refractivity contribution in [2.45, 2.75) is 45.4 Å². The van der Waals surface area contributed by atoms with Gasteiger partial charge in [0.2, 0.25) is 5.88 Å². The SMILES string of the molecule is CCCc1nc(NC)cc(OCC2CCCC2)n1. The van der Waals surface area contributed by atoms with Crippen LogP contribution in [0.1, 0.15) is 44.9 Å². The molecule has 0 spiro atoms. The molecule has 0 unspecified atom stereocenters. The van der Waals surface area contributed by atoms with Gasteiger partial charge in [-0.25, -0.2) is 4.98 Å². The number of aryl methyl sites for hydroxylation is 1. The highest BCUT2D eigenvalue weighted by Gasteiger charge is 2.16. The Hall–Kier alpha value is -1.32. The zero-order valence-corrected chi connectivity index (χ0v) is 11.4. The molecule has 0 amide bonds. The molecule has 4 heteroatoms. The summed E-state index contributed by atoms with van der Waals surface area (Å²) in [4.78, 5) is 8.88. The summed E-state index contributed by atoms with van der Waals surface area (Å²) in [5.41, 5.74) is 0. The molecule has 1 aliphatic carbocycles. The predicted molar refractivity (Wildman–Crippen MR) is 73.0 cm³/mol. The Balaban J connectivity index is 1.98. The van der Waals surface area contributed by atoms with Crippen LogP contribution in [-0.2, 0) is 6.42 Å². The van der Waals surface area contributed by atoms with E-state index in [1.165, 1.54) is 25.7 Å². The van der Waals surface area contributed by atoms with Gasteiger partial charge in [0.15, 0.2) is 0 Å². The average Bonchev–Trinajstić information content (AvgIpc) is 2.89. The lowest BCUT2D eigenvalue weighted by molar-refractivity contribution is 0.242. The van der Waals surface area contributed by atoms with Crippen molar-refractivity contribution in [3.05, 3.63) is 11.9 Å². The Kier molecular flexibility index (Phi) is 4.79. The standard InChI is InChI=1S/C14H23N3O/c1-3-6-12-16-13(15-2)9-14(17-12)18-10-11-7-4-5-8-11/h9,11H,3-8,10H2,1-2H3,(H,15,16,17). The van der Waals surface area contributed by atoms with Gasteiger partial charge in [-0.2, -0.15) is 4.98 Å². The molecule has 1 aromatic heterocycles. The molecule has 1 saturated carbocycles. The Morgan fingerprint density at radius 1 is 1.33 bits per heavy atom. The fourth-order valence-corrected chi connectivity index (χ4v) is 2.39. The molecule has 0 bridgehead atoms. The molecule has 0 atom stereocenters. The van der Waals surface area contributed by atoms with Crippen molar-refractivity contribution in [3.8, 4) is 5.88 Å². The van der Waals surface area contributed by atoms with Crippen LogP contribution in [-0.4, -0.2) is 23.6 Å². The number of anilines is 1. The molecule has 1 N–H and O–H groups in total. The normalized spacial score (nSPS) is 15.9. The highest BCUT2D eigenvalue weighted by atomic mass is 16.5. The summed E-state index contributed by atoms with van der Waals surface area (Å²) in [6, 6.07) is 1.88. The van der Waals surface area contributed by atoms with E-state index in [0.29, 0.717) is 11.8 Å². The predicted octanol–water partition coefficient (Wildman–Crippen LogP) is 3.04. The Morgan fingerprint density at radius 3 is 2.78 bits per heavy atom. The van der Waals surface area contributed by atoms with Crippen LogP contribution in [0.15, 0.2) is 6.07 Å². The van der Waals surface area contributed by atoms with Crippen molar-refractivity contribution < 1.29 is 4.74 Å². The van der Waals surface area contributed by atoms with E-state index in [2.05, 4.69) is 22.2 Å². The smallest absolute Gasteiger partial charge is 0.218 e. The maximum Gasteiger partial charge on any atom is 0.218 e. The third kappa shape index (κ3) is 3.59. The lowest BCUT2D eigenvalue weighted by atomic mass is 10.1. The molecule has 1 aromatic rings. The van der Waals surface area contributed by atoms with E-state index in [9.17, 15) is 0 Å². The molecule has 100 valence electrons.